The Morgan fingerprint density at radius 3 is 2.82 bits per heavy atom. The molecule has 1 atom stereocenters. The van der Waals surface area contributed by atoms with Gasteiger partial charge >= 0.3 is 0 Å². The molecule has 0 spiro atoms. The van der Waals surface area contributed by atoms with Crippen LogP contribution in [0.25, 0.3) is 0 Å². The van der Waals surface area contributed by atoms with Gasteiger partial charge in [-0.2, -0.15) is 0 Å². The van der Waals surface area contributed by atoms with Crippen molar-refractivity contribution in [3.63, 3.8) is 0 Å². The number of nitrogens with one attached hydrogen (secondary N) is 2. The summed E-state index contributed by atoms with van der Waals surface area (Å²) in [5.41, 5.74) is 2.54. The summed E-state index contributed by atoms with van der Waals surface area (Å²) < 4.78 is 10.6. The number of fused-ring (bicyclic) bond motifs is 2. The summed E-state index contributed by atoms with van der Waals surface area (Å²) in [7, 11) is 0. The van der Waals surface area contributed by atoms with Gasteiger partial charge in [0.2, 0.25) is 12.7 Å². The highest BCUT2D eigenvalue weighted by Crippen LogP contribution is 2.37. The lowest BCUT2D eigenvalue weighted by Crippen LogP contribution is -2.32. The minimum Gasteiger partial charge on any atom is -0.454 e. The number of hydrogen-bond donors (Lipinski definition) is 2. The third kappa shape index (κ3) is 4.85. The van der Waals surface area contributed by atoms with Crippen LogP contribution in [0.3, 0.4) is 0 Å². The van der Waals surface area contributed by atoms with Gasteiger partial charge in [0.1, 0.15) is 0 Å². The minimum absolute atomic E-state index is 0.0166. The summed E-state index contributed by atoms with van der Waals surface area (Å²) in [5, 5.41) is 6.47. The number of aromatic nitrogens is 1. The van der Waals surface area contributed by atoms with Crippen molar-refractivity contribution in [3.8, 4) is 11.5 Å². The van der Waals surface area contributed by atoms with Crippen LogP contribution < -0.4 is 20.1 Å². The summed E-state index contributed by atoms with van der Waals surface area (Å²) in [6, 6.07) is 15.4. The van der Waals surface area contributed by atoms with Crippen molar-refractivity contribution in [2.45, 2.75) is 38.0 Å². The number of rotatable bonds is 7. The number of anilines is 1. The first kappa shape index (κ1) is 21.5. The zero-order chi connectivity index (χ0) is 22.6. The quantitative estimate of drug-likeness (QED) is 0.510. The van der Waals surface area contributed by atoms with Gasteiger partial charge in [-0.15, -0.1) is 11.3 Å². The molecule has 33 heavy (non-hydrogen) atoms. The van der Waals surface area contributed by atoms with Crippen LogP contribution in [-0.4, -0.2) is 30.1 Å². The molecule has 0 bridgehead atoms. The molecule has 2 amide bonds. The average Bonchev–Trinajstić information content (AvgIpc) is 3.48. The van der Waals surface area contributed by atoms with Gasteiger partial charge in [-0.1, -0.05) is 30.3 Å². The van der Waals surface area contributed by atoms with Gasteiger partial charge in [-0.25, -0.2) is 4.98 Å². The molecule has 0 radical (unpaired) electrons. The first-order valence-corrected chi connectivity index (χ1v) is 12.0. The monoisotopic (exact) mass is 463 g/mol. The van der Waals surface area contributed by atoms with E-state index in [1.807, 2.05) is 18.2 Å². The predicted octanol–water partition coefficient (Wildman–Crippen LogP) is 4.29. The summed E-state index contributed by atoms with van der Waals surface area (Å²) in [5.74, 6) is 0.682. The van der Waals surface area contributed by atoms with Crippen molar-refractivity contribution in [1.82, 2.24) is 10.3 Å². The van der Waals surface area contributed by atoms with Gasteiger partial charge in [0.05, 0.1) is 11.6 Å². The Hall–Kier alpha value is -3.39. The van der Waals surface area contributed by atoms with Crippen molar-refractivity contribution in [2.24, 2.45) is 0 Å². The lowest BCUT2D eigenvalue weighted by Gasteiger charge is -2.20. The molecule has 7 nitrogen and oxygen atoms in total. The molecule has 1 aromatic heterocycles. The molecular weight excluding hydrogens is 438 g/mol. The van der Waals surface area contributed by atoms with Gasteiger partial charge < -0.3 is 14.8 Å². The fraction of sp³-hybridized carbons (Fsp3) is 0.320. The van der Waals surface area contributed by atoms with Gasteiger partial charge in [0.15, 0.2) is 16.6 Å². The fourth-order valence-corrected chi connectivity index (χ4v) is 5.27. The number of carbonyl (C=O) groups excluding carboxylic acids is 2. The third-order valence-corrected chi connectivity index (χ3v) is 6.96. The number of benzene rings is 2. The zero-order valence-corrected chi connectivity index (χ0v) is 19.0. The Kier molecular flexibility index (Phi) is 6.26. The van der Waals surface area contributed by atoms with E-state index in [0.717, 1.165) is 42.7 Å². The first-order chi connectivity index (χ1) is 16.2. The lowest BCUT2D eigenvalue weighted by atomic mass is 9.90. The van der Waals surface area contributed by atoms with Crippen LogP contribution in [0.2, 0.25) is 0 Å². The molecule has 0 saturated heterocycles. The SMILES string of the molecule is O=C(Nc1nc2c(s1)CCCC2C(=O)NCCCc1ccccc1)c1ccc2c(c1)OCO2. The van der Waals surface area contributed by atoms with E-state index in [1.165, 1.54) is 16.9 Å². The summed E-state index contributed by atoms with van der Waals surface area (Å²) >= 11 is 1.45. The normalized spacial score (nSPS) is 16.2. The molecule has 1 unspecified atom stereocenters. The van der Waals surface area contributed by atoms with Crippen LogP contribution in [0.15, 0.2) is 48.5 Å². The number of amides is 2. The van der Waals surface area contributed by atoms with Crippen LogP contribution >= 0.6 is 11.3 Å². The van der Waals surface area contributed by atoms with E-state index in [-0.39, 0.29) is 24.5 Å². The van der Waals surface area contributed by atoms with Gasteiger partial charge in [0, 0.05) is 17.0 Å². The molecule has 170 valence electrons. The van der Waals surface area contributed by atoms with Gasteiger partial charge in [-0.05, 0) is 55.9 Å². The standard InChI is InChI=1S/C25H25N3O4S/c29-23(17-11-12-19-20(14-17)32-15-31-19)28-25-27-22-18(9-4-10-21(22)33-25)24(30)26-13-5-8-16-6-2-1-3-7-16/h1-3,6-7,11-12,14,18H,4-5,8-10,13,15H2,(H,26,30)(H,27,28,29). The molecule has 2 heterocycles. The molecule has 3 aromatic rings. The number of nitrogens with zero attached hydrogens (tertiary/aromatic N) is 1. The average molecular weight is 464 g/mol. The second-order valence-electron chi connectivity index (χ2n) is 8.17. The topological polar surface area (TPSA) is 89.6 Å². The van der Waals surface area contributed by atoms with Crippen molar-refractivity contribution in [2.75, 3.05) is 18.7 Å². The van der Waals surface area contributed by atoms with E-state index in [4.69, 9.17) is 9.47 Å². The Morgan fingerprint density at radius 1 is 1.09 bits per heavy atom. The molecular formula is C25H25N3O4S. The Bertz CT molecular complexity index is 1160. The first-order valence-electron chi connectivity index (χ1n) is 11.2. The Balaban J connectivity index is 1.19. The second-order valence-corrected chi connectivity index (χ2v) is 9.26. The predicted molar refractivity (Wildman–Crippen MR) is 126 cm³/mol. The minimum atomic E-state index is -0.266. The van der Waals surface area contributed by atoms with Crippen LogP contribution in [-0.2, 0) is 17.6 Å². The highest BCUT2D eigenvalue weighted by Gasteiger charge is 2.30. The van der Waals surface area contributed by atoms with Crippen LogP contribution in [0.4, 0.5) is 5.13 Å². The number of hydrogen-bond acceptors (Lipinski definition) is 6. The maximum atomic E-state index is 12.9. The molecule has 8 heteroatoms. The largest absolute Gasteiger partial charge is 0.454 e. The molecule has 5 rings (SSSR count). The van der Waals surface area contributed by atoms with E-state index < -0.39 is 0 Å². The van der Waals surface area contributed by atoms with E-state index in [2.05, 4.69) is 27.8 Å². The second kappa shape index (κ2) is 9.62. The summed E-state index contributed by atoms with van der Waals surface area (Å²) in [6.07, 6.45) is 4.42. The number of aryl methyl sites for hydroxylation is 2. The maximum Gasteiger partial charge on any atom is 0.257 e. The fourth-order valence-electron chi connectivity index (χ4n) is 4.21. The van der Waals surface area contributed by atoms with E-state index >= 15 is 0 Å². The molecule has 2 aromatic carbocycles. The van der Waals surface area contributed by atoms with Crippen molar-refractivity contribution in [1.29, 1.82) is 0 Å². The Labute approximate surface area is 196 Å². The lowest BCUT2D eigenvalue weighted by molar-refractivity contribution is -0.122. The number of thiazole rings is 1. The molecule has 2 N–H and O–H groups in total. The molecule has 0 saturated carbocycles. The van der Waals surface area contributed by atoms with E-state index in [9.17, 15) is 9.59 Å². The van der Waals surface area contributed by atoms with E-state index in [1.54, 1.807) is 18.2 Å². The van der Waals surface area contributed by atoms with E-state index in [0.29, 0.717) is 28.7 Å². The molecule has 1 aliphatic heterocycles. The number of carbonyl (C=O) groups is 2. The molecule has 2 aliphatic rings. The highest BCUT2D eigenvalue weighted by molar-refractivity contribution is 7.16. The van der Waals surface area contributed by atoms with Crippen molar-refractivity contribution < 1.29 is 19.1 Å². The van der Waals surface area contributed by atoms with Crippen LogP contribution in [0.5, 0.6) is 11.5 Å². The van der Waals surface area contributed by atoms with Crippen molar-refractivity contribution >= 4 is 28.3 Å². The number of ether oxygens (including phenoxy) is 2. The summed E-state index contributed by atoms with van der Waals surface area (Å²) in [4.78, 5) is 31.3. The molecule has 1 aliphatic carbocycles. The Morgan fingerprint density at radius 2 is 1.94 bits per heavy atom. The maximum absolute atomic E-state index is 12.9. The zero-order valence-electron chi connectivity index (χ0n) is 18.1. The van der Waals surface area contributed by atoms with Crippen LogP contribution in [0, 0.1) is 0 Å². The third-order valence-electron chi connectivity index (χ3n) is 5.91. The smallest absolute Gasteiger partial charge is 0.257 e. The highest BCUT2D eigenvalue weighted by atomic mass is 32.1. The van der Waals surface area contributed by atoms with Gasteiger partial charge in [0.25, 0.3) is 5.91 Å². The van der Waals surface area contributed by atoms with Crippen LogP contribution in [0.1, 0.15) is 51.7 Å². The van der Waals surface area contributed by atoms with Crippen molar-refractivity contribution in [3.05, 3.63) is 70.2 Å². The summed E-state index contributed by atoms with van der Waals surface area (Å²) in [6.45, 7) is 0.798. The van der Waals surface area contributed by atoms with Gasteiger partial charge in [-0.3, -0.25) is 14.9 Å². The molecule has 0 fully saturated rings.